The zero-order valence-electron chi connectivity index (χ0n) is 10.8. The Hall–Kier alpha value is -1.59. The lowest BCUT2D eigenvalue weighted by molar-refractivity contribution is -0.125. The number of hydrogen-bond donors (Lipinski definition) is 3. The highest BCUT2D eigenvalue weighted by molar-refractivity contribution is 6.30. The van der Waals surface area contributed by atoms with Crippen molar-refractivity contribution in [2.24, 2.45) is 5.73 Å². The van der Waals surface area contributed by atoms with Gasteiger partial charge in [0.1, 0.15) is 0 Å². The van der Waals surface area contributed by atoms with Crippen LogP contribution in [0.2, 0.25) is 5.02 Å². The predicted molar refractivity (Wildman–Crippen MR) is 76.0 cm³/mol. The van der Waals surface area contributed by atoms with Crippen LogP contribution in [0, 0.1) is 0 Å². The van der Waals surface area contributed by atoms with E-state index in [4.69, 9.17) is 17.3 Å². The zero-order chi connectivity index (χ0) is 14.3. The van der Waals surface area contributed by atoms with Gasteiger partial charge in [0.25, 0.3) is 0 Å². The lowest BCUT2D eigenvalue weighted by Crippen LogP contribution is -2.43. The monoisotopic (exact) mass is 283 g/mol. The lowest BCUT2D eigenvalue weighted by atomic mass is 10.2. The summed E-state index contributed by atoms with van der Waals surface area (Å²) in [4.78, 5) is 23.1. The largest absolute Gasteiger partial charge is 0.346 e. The van der Waals surface area contributed by atoms with Crippen LogP contribution in [-0.2, 0) is 9.59 Å². The van der Waals surface area contributed by atoms with Crippen molar-refractivity contribution in [3.05, 3.63) is 29.3 Å². The third-order valence-corrected chi connectivity index (χ3v) is 2.74. The Kier molecular flexibility index (Phi) is 6.32. The molecule has 0 bridgehead atoms. The van der Waals surface area contributed by atoms with Crippen molar-refractivity contribution in [3.8, 4) is 0 Å². The average Bonchev–Trinajstić information content (AvgIpc) is 2.39. The molecule has 1 rings (SSSR count). The van der Waals surface area contributed by atoms with Gasteiger partial charge in [-0.25, -0.2) is 0 Å². The van der Waals surface area contributed by atoms with Crippen LogP contribution >= 0.6 is 11.6 Å². The van der Waals surface area contributed by atoms with Gasteiger partial charge in [0.2, 0.25) is 11.8 Å². The first-order valence-corrected chi connectivity index (χ1v) is 6.49. The third-order valence-electron chi connectivity index (χ3n) is 2.49. The summed E-state index contributed by atoms with van der Waals surface area (Å²) >= 11 is 5.73. The topological polar surface area (TPSA) is 84.2 Å². The number of nitrogens with two attached hydrogens (primary N) is 1. The van der Waals surface area contributed by atoms with E-state index in [0.29, 0.717) is 17.1 Å². The summed E-state index contributed by atoms with van der Waals surface area (Å²) in [5.74, 6) is -0.618. The number of hydrogen-bond acceptors (Lipinski definition) is 3. The molecule has 0 aromatic heterocycles. The molecule has 0 saturated heterocycles. The van der Waals surface area contributed by atoms with Gasteiger partial charge in [-0.1, -0.05) is 24.9 Å². The molecule has 19 heavy (non-hydrogen) atoms. The Morgan fingerprint density at radius 3 is 2.53 bits per heavy atom. The van der Waals surface area contributed by atoms with E-state index in [-0.39, 0.29) is 18.4 Å². The van der Waals surface area contributed by atoms with Crippen molar-refractivity contribution in [1.29, 1.82) is 0 Å². The molecule has 1 aromatic rings. The van der Waals surface area contributed by atoms with Crippen molar-refractivity contribution in [3.63, 3.8) is 0 Å². The highest BCUT2D eigenvalue weighted by Gasteiger charge is 2.13. The molecule has 4 N–H and O–H groups in total. The summed E-state index contributed by atoms with van der Waals surface area (Å²) < 4.78 is 0. The second kappa shape index (κ2) is 7.76. The minimum atomic E-state index is -0.562. The highest BCUT2D eigenvalue weighted by atomic mass is 35.5. The van der Waals surface area contributed by atoms with Crippen LogP contribution in [0.25, 0.3) is 0 Å². The Morgan fingerprint density at radius 2 is 1.95 bits per heavy atom. The number of benzene rings is 1. The van der Waals surface area contributed by atoms with Gasteiger partial charge >= 0.3 is 0 Å². The molecule has 0 aliphatic carbocycles. The van der Waals surface area contributed by atoms with Crippen LogP contribution in [0.3, 0.4) is 0 Å². The SMILES string of the molecule is CCCC(N)C(=O)NCC(=O)Nc1ccc(Cl)cc1. The molecule has 0 aliphatic rings. The molecule has 1 aromatic carbocycles. The fraction of sp³-hybridized carbons (Fsp3) is 0.385. The Morgan fingerprint density at radius 1 is 1.32 bits per heavy atom. The Bertz CT molecular complexity index is 434. The zero-order valence-corrected chi connectivity index (χ0v) is 11.5. The molecule has 0 aliphatic heterocycles. The van der Waals surface area contributed by atoms with E-state index >= 15 is 0 Å². The van der Waals surface area contributed by atoms with Gasteiger partial charge in [0.05, 0.1) is 12.6 Å². The van der Waals surface area contributed by atoms with Gasteiger partial charge in [-0.3, -0.25) is 9.59 Å². The van der Waals surface area contributed by atoms with Crippen molar-refractivity contribution in [1.82, 2.24) is 5.32 Å². The van der Waals surface area contributed by atoms with E-state index in [1.165, 1.54) is 0 Å². The van der Waals surface area contributed by atoms with E-state index in [2.05, 4.69) is 10.6 Å². The summed E-state index contributed by atoms with van der Waals surface area (Å²) in [5, 5.41) is 5.73. The number of nitrogens with one attached hydrogen (secondary N) is 2. The van der Waals surface area contributed by atoms with Gasteiger partial charge in [-0.2, -0.15) is 0 Å². The molecule has 104 valence electrons. The van der Waals surface area contributed by atoms with E-state index < -0.39 is 6.04 Å². The van der Waals surface area contributed by atoms with Crippen LogP contribution in [0.15, 0.2) is 24.3 Å². The molecule has 1 unspecified atom stereocenters. The Balaban J connectivity index is 2.35. The molecule has 0 saturated carbocycles. The first-order chi connectivity index (χ1) is 9.02. The fourth-order valence-electron chi connectivity index (χ4n) is 1.48. The summed E-state index contributed by atoms with van der Waals surface area (Å²) in [5.41, 5.74) is 6.25. The van der Waals surface area contributed by atoms with Gasteiger partial charge in [-0.05, 0) is 30.7 Å². The van der Waals surface area contributed by atoms with Crippen LogP contribution in [0.4, 0.5) is 5.69 Å². The average molecular weight is 284 g/mol. The quantitative estimate of drug-likeness (QED) is 0.740. The number of halogens is 1. The van der Waals surface area contributed by atoms with Crippen molar-refractivity contribution in [2.75, 3.05) is 11.9 Å². The van der Waals surface area contributed by atoms with E-state index in [1.807, 2.05) is 6.92 Å². The minimum Gasteiger partial charge on any atom is -0.346 e. The standard InChI is InChI=1S/C13H18ClN3O2/c1-2-3-11(15)13(19)16-8-12(18)17-10-6-4-9(14)5-7-10/h4-7,11H,2-3,8,15H2,1H3,(H,16,19)(H,17,18). The number of carbonyl (C=O) groups excluding carboxylic acids is 2. The minimum absolute atomic E-state index is 0.0983. The van der Waals surface area contributed by atoms with Gasteiger partial charge in [-0.15, -0.1) is 0 Å². The predicted octanol–water partition coefficient (Wildman–Crippen LogP) is 1.52. The normalized spacial score (nSPS) is 11.7. The molecule has 5 nitrogen and oxygen atoms in total. The number of rotatable bonds is 6. The smallest absolute Gasteiger partial charge is 0.243 e. The molecular weight excluding hydrogens is 266 g/mol. The number of carbonyl (C=O) groups is 2. The van der Waals surface area contributed by atoms with Crippen molar-refractivity contribution < 1.29 is 9.59 Å². The maximum atomic E-state index is 11.6. The van der Waals surface area contributed by atoms with Crippen molar-refractivity contribution in [2.45, 2.75) is 25.8 Å². The summed E-state index contributed by atoms with van der Waals surface area (Å²) in [6, 6.07) is 6.16. The summed E-state index contributed by atoms with van der Waals surface area (Å²) in [6.07, 6.45) is 1.43. The van der Waals surface area contributed by atoms with Gasteiger partial charge in [0, 0.05) is 10.7 Å². The van der Waals surface area contributed by atoms with Crippen molar-refractivity contribution >= 4 is 29.1 Å². The number of anilines is 1. The second-order valence-corrected chi connectivity index (χ2v) is 4.60. The molecule has 0 radical (unpaired) electrons. The van der Waals surface area contributed by atoms with Crippen LogP contribution in [-0.4, -0.2) is 24.4 Å². The van der Waals surface area contributed by atoms with Crippen LogP contribution in [0.5, 0.6) is 0 Å². The second-order valence-electron chi connectivity index (χ2n) is 4.17. The number of amides is 2. The maximum absolute atomic E-state index is 11.6. The van der Waals surface area contributed by atoms with E-state index in [9.17, 15) is 9.59 Å². The molecule has 0 fully saturated rings. The van der Waals surface area contributed by atoms with E-state index in [1.54, 1.807) is 24.3 Å². The molecule has 2 amide bonds. The molecule has 0 spiro atoms. The maximum Gasteiger partial charge on any atom is 0.243 e. The highest BCUT2D eigenvalue weighted by Crippen LogP contribution is 2.12. The molecule has 0 heterocycles. The lowest BCUT2D eigenvalue weighted by Gasteiger charge is -2.11. The van der Waals surface area contributed by atoms with Gasteiger partial charge in [0.15, 0.2) is 0 Å². The molecule has 1 atom stereocenters. The first kappa shape index (κ1) is 15.5. The van der Waals surface area contributed by atoms with Gasteiger partial charge < -0.3 is 16.4 Å². The Labute approximate surface area is 117 Å². The molecule has 6 heteroatoms. The van der Waals surface area contributed by atoms with E-state index in [0.717, 1.165) is 6.42 Å². The first-order valence-electron chi connectivity index (χ1n) is 6.11. The molecular formula is C13H18ClN3O2. The van der Waals surface area contributed by atoms with Crippen LogP contribution in [0.1, 0.15) is 19.8 Å². The summed E-state index contributed by atoms with van der Waals surface area (Å²) in [6.45, 7) is 1.85. The third kappa shape index (κ3) is 5.72. The van der Waals surface area contributed by atoms with Crippen LogP contribution < -0.4 is 16.4 Å². The fourth-order valence-corrected chi connectivity index (χ4v) is 1.60. The summed E-state index contributed by atoms with van der Waals surface area (Å²) in [7, 11) is 0.